The number of hydrogen-bond donors (Lipinski definition) is 0. The highest BCUT2D eigenvalue weighted by atomic mass is 16.1. The summed E-state index contributed by atoms with van der Waals surface area (Å²) in [5, 5.41) is 0.946. The third-order valence-electron chi connectivity index (χ3n) is 2.63. The van der Waals surface area contributed by atoms with Gasteiger partial charge >= 0.3 is 0 Å². The average Bonchev–Trinajstić information content (AvgIpc) is 2.35. The van der Waals surface area contributed by atoms with Crippen LogP contribution in [0.5, 0.6) is 0 Å². The van der Waals surface area contributed by atoms with E-state index < -0.39 is 0 Å². The van der Waals surface area contributed by atoms with E-state index in [4.69, 9.17) is 0 Å². The molecule has 0 aliphatic heterocycles. The van der Waals surface area contributed by atoms with Gasteiger partial charge in [0.05, 0.1) is 5.52 Å². The first kappa shape index (κ1) is 11.5. The van der Waals surface area contributed by atoms with Gasteiger partial charge < -0.3 is 4.79 Å². The molecule has 2 rings (SSSR count). The van der Waals surface area contributed by atoms with Gasteiger partial charge in [-0.1, -0.05) is 6.07 Å². The lowest BCUT2D eigenvalue weighted by molar-refractivity contribution is -0.116. The zero-order valence-corrected chi connectivity index (χ0v) is 9.64. The summed E-state index contributed by atoms with van der Waals surface area (Å²) in [6, 6.07) is 9.18. The second kappa shape index (κ2) is 4.87. The van der Waals surface area contributed by atoms with Crippen molar-refractivity contribution in [2.45, 2.75) is 19.8 Å². The molecule has 0 saturated heterocycles. The Balaban J connectivity index is 2.24. The lowest BCUT2D eigenvalue weighted by Crippen LogP contribution is -2.02. The molecule has 0 aliphatic rings. The van der Waals surface area contributed by atoms with Crippen LogP contribution < -0.4 is 0 Å². The first-order valence-electron chi connectivity index (χ1n) is 5.54. The topological polar surface area (TPSA) is 47.0 Å². The highest BCUT2D eigenvalue weighted by Crippen LogP contribution is 2.15. The summed E-state index contributed by atoms with van der Waals surface area (Å²) in [7, 11) is 0. The molecule has 0 spiro atoms. The standard InChI is InChI=1S/C14H13NO2/c1-10(16)4-7-14(17)12-5-6-13-11(9-12)3-2-8-15-13/h2-3,5-6,8-9H,4,7H2,1H3. The number of Topliss-reactive ketones (excluding diaryl/α,β-unsaturated/α-hetero) is 2. The zero-order chi connectivity index (χ0) is 12.3. The molecule has 0 radical (unpaired) electrons. The van der Waals surface area contributed by atoms with E-state index >= 15 is 0 Å². The fraction of sp³-hybridized carbons (Fsp3) is 0.214. The number of rotatable bonds is 4. The van der Waals surface area contributed by atoms with Crippen LogP contribution in [0.4, 0.5) is 0 Å². The molecule has 0 aliphatic carbocycles. The van der Waals surface area contributed by atoms with Gasteiger partial charge in [0, 0.05) is 30.0 Å². The van der Waals surface area contributed by atoms with Gasteiger partial charge in [0.25, 0.3) is 0 Å². The lowest BCUT2D eigenvalue weighted by atomic mass is 10.0. The van der Waals surface area contributed by atoms with Crippen LogP contribution in [-0.4, -0.2) is 16.6 Å². The molecule has 0 unspecified atom stereocenters. The highest BCUT2D eigenvalue weighted by molar-refractivity contribution is 6.00. The highest BCUT2D eigenvalue weighted by Gasteiger charge is 2.07. The Morgan fingerprint density at radius 2 is 2.00 bits per heavy atom. The molecule has 0 atom stereocenters. The lowest BCUT2D eigenvalue weighted by Gasteiger charge is -2.01. The Labute approximate surface area is 99.5 Å². The Bertz CT molecular complexity index is 575. The number of carbonyl (C=O) groups excluding carboxylic acids is 2. The van der Waals surface area contributed by atoms with Crippen molar-refractivity contribution in [1.82, 2.24) is 4.98 Å². The summed E-state index contributed by atoms with van der Waals surface area (Å²) >= 11 is 0. The van der Waals surface area contributed by atoms with Crippen LogP contribution in [0.2, 0.25) is 0 Å². The number of ketones is 2. The van der Waals surface area contributed by atoms with Crippen LogP contribution in [0.1, 0.15) is 30.1 Å². The second-order valence-electron chi connectivity index (χ2n) is 4.04. The molecule has 2 aromatic rings. The van der Waals surface area contributed by atoms with Gasteiger partial charge in [-0.25, -0.2) is 0 Å². The van der Waals surface area contributed by atoms with E-state index in [2.05, 4.69) is 4.98 Å². The fourth-order valence-electron chi connectivity index (χ4n) is 1.68. The van der Waals surface area contributed by atoms with Gasteiger partial charge in [-0.05, 0) is 31.2 Å². The molecule has 1 aromatic carbocycles. The molecule has 0 fully saturated rings. The predicted octanol–water partition coefficient (Wildman–Crippen LogP) is 2.79. The number of carbonyl (C=O) groups is 2. The Kier molecular flexibility index (Phi) is 3.28. The van der Waals surface area contributed by atoms with E-state index in [0.717, 1.165) is 10.9 Å². The molecule has 3 nitrogen and oxygen atoms in total. The second-order valence-corrected chi connectivity index (χ2v) is 4.04. The van der Waals surface area contributed by atoms with Crippen LogP contribution in [0, 0.1) is 0 Å². The van der Waals surface area contributed by atoms with Crippen molar-refractivity contribution in [3.05, 3.63) is 42.1 Å². The molecule has 1 aromatic heterocycles. The number of benzene rings is 1. The van der Waals surface area contributed by atoms with Gasteiger partial charge in [-0.15, -0.1) is 0 Å². The Morgan fingerprint density at radius 3 is 2.76 bits per heavy atom. The fourth-order valence-corrected chi connectivity index (χ4v) is 1.68. The van der Waals surface area contributed by atoms with Crippen LogP contribution in [0.3, 0.4) is 0 Å². The van der Waals surface area contributed by atoms with Crippen molar-refractivity contribution in [2.24, 2.45) is 0 Å². The van der Waals surface area contributed by atoms with E-state index in [-0.39, 0.29) is 18.0 Å². The first-order valence-corrected chi connectivity index (χ1v) is 5.54. The number of aromatic nitrogens is 1. The van der Waals surface area contributed by atoms with E-state index in [1.807, 2.05) is 24.3 Å². The van der Waals surface area contributed by atoms with Crippen LogP contribution in [0.25, 0.3) is 10.9 Å². The molecular weight excluding hydrogens is 214 g/mol. The van der Waals surface area contributed by atoms with E-state index in [1.165, 1.54) is 6.92 Å². The third kappa shape index (κ3) is 2.75. The molecule has 0 saturated carbocycles. The number of pyridine rings is 1. The summed E-state index contributed by atoms with van der Waals surface area (Å²) in [6.45, 7) is 1.50. The molecular formula is C14H13NO2. The minimum Gasteiger partial charge on any atom is -0.300 e. The van der Waals surface area contributed by atoms with Crippen molar-refractivity contribution in [3.63, 3.8) is 0 Å². The first-order chi connectivity index (χ1) is 8.16. The molecule has 3 heteroatoms. The van der Waals surface area contributed by atoms with Crippen LogP contribution in [-0.2, 0) is 4.79 Å². The average molecular weight is 227 g/mol. The molecule has 1 heterocycles. The third-order valence-corrected chi connectivity index (χ3v) is 2.63. The quantitative estimate of drug-likeness (QED) is 0.754. The summed E-state index contributed by atoms with van der Waals surface area (Å²) in [4.78, 5) is 26.8. The van der Waals surface area contributed by atoms with Crippen LogP contribution in [0.15, 0.2) is 36.5 Å². The largest absolute Gasteiger partial charge is 0.300 e. The van der Waals surface area contributed by atoms with Gasteiger partial charge in [-0.3, -0.25) is 9.78 Å². The minimum atomic E-state index is 0.00551. The van der Waals surface area contributed by atoms with E-state index in [1.54, 1.807) is 12.3 Å². The van der Waals surface area contributed by atoms with Gasteiger partial charge in [0.2, 0.25) is 0 Å². The number of fused-ring (bicyclic) bond motifs is 1. The monoisotopic (exact) mass is 227 g/mol. The summed E-state index contributed by atoms with van der Waals surface area (Å²) in [5.41, 5.74) is 1.52. The van der Waals surface area contributed by atoms with Gasteiger partial charge in [-0.2, -0.15) is 0 Å². The smallest absolute Gasteiger partial charge is 0.163 e. The van der Waals surface area contributed by atoms with Crippen molar-refractivity contribution < 1.29 is 9.59 Å². The molecule has 0 amide bonds. The van der Waals surface area contributed by atoms with Crippen LogP contribution >= 0.6 is 0 Å². The summed E-state index contributed by atoms with van der Waals surface area (Å²) in [6.07, 6.45) is 2.31. The van der Waals surface area contributed by atoms with Crippen molar-refractivity contribution in [1.29, 1.82) is 0 Å². The summed E-state index contributed by atoms with van der Waals surface area (Å²) < 4.78 is 0. The number of nitrogens with zero attached hydrogens (tertiary/aromatic N) is 1. The van der Waals surface area contributed by atoms with Gasteiger partial charge in [0.15, 0.2) is 5.78 Å². The van der Waals surface area contributed by atoms with Crippen molar-refractivity contribution in [3.8, 4) is 0 Å². The molecule has 86 valence electrons. The molecule has 0 bridgehead atoms. The van der Waals surface area contributed by atoms with E-state index in [9.17, 15) is 9.59 Å². The van der Waals surface area contributed by atoms with Gasteiger partial charge in [0.1, 0.15) is 5.78 Å². The SMILES string of the molecule is CC(=O)CCC(=O)c1ccc2ncccc2c1. The normalized spacial score (nSPS) is 10.4. The summed E-state index contributed by atoms with van der Waals surface area (Å²) in [5.74, 6) is 0.0479. The van der Waals surface area contributed by atoms with Crippen molar-refractivity contribution in [2.75, 3.05) is 0 Å². The minimum absolute atomic E-state index is 0.00551. The zero-order valence-electron chi connectivity index (χ0n) is 9.64. The predicted molar refractivity (Wildman–Crippen MR) is 66.0 cm³/mol. The Hall–Kier alpha value is -2.03. The maximum atomic E-state index is 11.8. The molecule has 0 N–H and O–H groups in total. The van der Waals surface area contributed by atoms with Crippen molar-refractivity contribution >= 4 is 22.5 Å². The maximum absolute atomic E-state index is 11.8. The maximum Gasteiger partial charge on any atom is 0.163 e. The molecule has 17 heavy (non-hydrogen) atoms. The van der Waals surface area contributed by atoms with E-state index in [0.29, 0.717) is 12.0 Å². The number of hydrogen-bond acceptors (Lipinski definition) is 3. The Morgan fingerprint density at radius 1 is 1.18 bits per heavy atom.